The van der Waals surface area contributed by atoms with E-state index >= 15 is 0 Å². The maximum atomic E-state index is 4.85. The third-order valence-electron chi connectivity index (χ3n) is 5.19. The van der Waals surface area contributed by atoms with E-state index in [1.807, 2.05) is 0 Å². The van der Waals surface area contributed by atoms with Gasteiger partial charge in [-0.25, -0.2) is 4.99 Å². The molecule has 144 valence electrons. The van der Waals surface area contributed by atoms with Crippen LogP contribution in [0, 0.1) is 0 Å². The second kappa shape index (κ2) is 9.05. The van der Waals surface area contributed by atoms with Gasteiger partial charge in [0, 0.05) is 25.0 Å². The monoisotopic (exact) mass is 364 g/mol. The molecule has 2 N–H and O–H groups in total. The first kappa shape index (κ1) is 19.4. The minimum atomic E-state index is 0.278. The average molecular weight is 365 g/mol. The second-order valence-corrected chi connectivity index (χ2v) is 7.70. The molecule has 1 fully saturated rings. The largest absolute Gasteiger partial charge is 0.357 e. The molecule has 0 amide bonds. The molecule has 27 heavy (non-hydrogen) atoms. The molecule has 0 saturated heterocycles. The molecule has 1 aliphatic carbocycles. The topological polar surface area (TPSA) is 39.7 Å². The fraction of sp³-hybridized carbons (Fsp3) is 0.435. The highest BCUT2D eigenvalue weighted by Gasteiger charge is 2.43. The molecular formula is C23H32N4. The number of guanidine groups is 1. The standard InChI is InChI=1S/C23H32N4/c1-4-24-22(25-16-19-10-8-9-11-20(19)17-27(2)3)26-18-23(14-15-23)21-12-6-5-7-13-21/h5-13H,4,14-18H2,1-3H3,(H2,24,25,26). The van der Waals surface area contributed by atoms with Gasteiger partial charge in [0.1, 0.15) is 0 Å². The van der Waals surface area contributed by atoms with E-state index in [0.717, 1.165) is 25.6 Å². The van der Waals surface area contributed by atoms with Gasteiger partial charge in [-0.1, -0.05) is 54.6 Å². The number of rotatable bonds is 8. The van der Waals surface area contributed by atoms with E-state index in [4.69, 9.17) is 4.99 Å². The Morgan fingerprint density at radius 2 is 1.63 bits per heavy atom. The molecule has 0 atom stereocenters. The van der Waals surface area contributed by atoms with Crippen LogP contribution in [0.5, 0.6) is 0 Å². The quantitative estimate of drug-likeness (QED) is 0.556. The SMILES string of the molecule is CCNC(=NCc1ccccc1CN(C)C)NCC1(c2ccccc2)CC1. The molecule has 0 aliphatic heterocycles. The molecule has 2 aromatic rings. The van der Waals surface area contributed by atoms with Crippen molar-refractivity contribution in [3.8, 4) is 0 Å². The van der Waals surface area contributed by atoms with Crippen molar-refractivity contribution in [2.24, 2.45) is 4.99 Å². The number of hydrogen-bond donors (Lipinski definition) is 2. The zero-order valence-electron chi connectivity index (χ0n) is 16.8. The number of nitrogens with zero attached hydrogens (tertiary/aromatic N) is 2. The van der Waals surface area contributed by atoms with Crippen molar-refractivity contribution in [1.29, 1.82) is 0 Å². The van der Waals surface area contributed by atoms with E-state index < -0.39 is 0 Å². The number of benzene rings is 2. The van der Waals surface area contributed by atoms with E-state index in [1.165, 1.54) is 29.5 Å². The Morgan fingerprint density at radius 3 is 2.26 bits per heavy atom. The van der Waals surface area contributed by atoms with Gasteiger partial charge in [-0.05, 0) is 50.6 Å². The minimum Gasteiger partial charge on any atom is -0.357 e. The Hall–Kier alpha value is -2.33. The summed E-state index contributed by atoms with van der Waals surface area (Å²) in [6.45, 7) is 5.54. The van der Waals surface area contributed by atoms with E-state index in [0.29, 0.717) is 6.54 Å². The third-order valence-corrected chi connectivity index (χ3v) is 5.19. The van der Waals surface area contributed by atoms with E-state index in [-0.39, 0.29) is 5.41 Å². The Bertz CT molecular complexity index is 748. The number of nitrogens with one attached hydrogen (secondary N) is 2. The maximum Gasteiger partial charge on any atom is 0.191 e. The fourth-order valence-electron chi connectivity index (χ4n) is 3.48. The second-order valence-electron chi connectivity index (χ2n) is 7.70. The van der Waals surface area contributed by atoms with Crippen LogP contribution < -0.4 is 10.6 Å². The van der Waals surface area contributed by atoms with Crippen LogP contribution in [0.2, 0.25) is 0 Å². The summed E-state index contributed by atoms with van der Waals surface area (Å²) in [5.74, 6) is 0.902. The Kier molecular flexibility index (Phi) is 6.51. The third kappa shape index (κ3) is 5.33. The van der Waals surface area contributed by atoms with Crippen molar-refractivity contribution in [2.75, 3.05) is 27.2 Å². The van der Waals surface area contributed by atoms with E-state index in [1.54, 1.807) is 0 Å². The van der Waals surface area contributed by atoms with Crippen molar-refractivity contribution >= 4 is 5.96 Å². The van der Waals surface area contributed by atoms with Gasteiger partial charge in [-0.15, -0.1) is 0 Å². The highest BCUT2D eigenvalue weighted by atomic mass is 15.2. The molecule has 0 unspecified atom stereocenters. The molecular weight excluding hydrogens is 332 g/mol. The summed E-state index contributed by atoms with van der Waals surface area (Å²) in [6, 6.07) is 19.4. The Morgan fingerprint density at radius 1 is 0.963 bits per heavy atom. The number of hydrogen-bond acceptors (Lipinski definition) is 2. The van der Waals surface area contributed by atoms with Gasteiger partial charge in [0.2, 0.25) is 0 Å². The van der Waals surface area contributed by atoms with Gasteiger partial charge in [0.15, 0.2) is 5.96 Å². The predicted octanol–water partition coefficient (Wildman–Crippen LogP) is 3.54. The lowest BCUT2D eigenvalue weighted by molar-refractivity contribution is 0.401. The summed E-state index contributed by atoms with van der Waals surface area (Å²) in [5.41, 5.74) is 4.34. The van der Waals surface area contributed by atoms with Crippen LogP contribution in [0.4, 0.5) is 0 Å². The predicted molar refractivity (Wildman–Crippen MR) is 114 cm³/mol. The summed E-state index contributed by atoms with van der Waals surface area (Å²) >= 11 is 0. The summed E-state index contributed by atoms with van der Waals surface area (Å²) < 4.78 is 0. The highest BCUT2D eigenvalue weighted by molar-refractivity contribution is 5.80. The molecule has 3 rings (SSSR count). The van der Waals surface area contributed by atoms with Crippen molar-refractivity contribution in [2.45, 2.75) is 38.3 Å². The maximum absolute atomic E-state index is 4.85. The van der Waals surface area contributed by atoms with Gasteiger partial charge in [0.25, 0.3) is 0 Å². The van der Waals surface area contributed by atoms with Crippen LogP contribution in [0.25, 0.3) is 0 Å². The average Bonchev–Trinajstić information content (AvgIpc) is 3.46. The summed E-state index contributed by atoms with van der Waals surface area (Å²) in [4.78, 5) is 7.05. The lowest BCUT2D eigenvalue weighted by atomic mass is 9.96. The molecule has 1 aliphatic rings. The normalized spacial score (nSPS) is 15.6. The smallest absolute Gasteiger partial charge is 0.191 e. The van der Waals surface area contributed by atoms with Gasteiger partial charge in [0.05, 0.1) is 6.54 Å². The zero-order chi connectivity index (χ0) is 19.1. The lowest BCUT2D eigenvalue weighted by Gasteiger charge is -2.19. The first-order valence-electron chi connectivity index (χ1n) is 9.92. The lowest BCUT2D eigenvalue weighted by Crippen LogP contribution is -2.41. The van der Waals surface area contributed by atoms with Crippen molar-refractivity contribution < 1.29 is 0 Å². The van der Waals surface area contributed by atoms with Gasteiger partial charge >= 0.3 is 0 Å². The van der Waals surface area contributed by atoms with Crippen LogP contribution in [-0.2, 0) is 18.5 Å². The van der Waals surface area contributed by atoms with Crippen LogP contribution in [-0.4, -0.2) is 38.0 Å². The Balaban J connectivity index is 1.66. The molecule has 0 spiro atoms. The molecule has 0 radical (unpaired) electrons. The summed E-state index contributed by atoms with van der Waals surface area (Å²) in [5, 5.41) is 6.97. The summed E-state index contributed by atoms with van der Waals surface area (Å²) in [7, 11) is 4.20. The van der Waals surface area contributed by atoms with Crippen LogP contribution in [0.1, 0.15) is 36.5 Å². The molecule has 1 saturated carbocycles. The molecule has 4 nitrogen and oxygen atoms in total. The molecule has 2 aromatic carbocycles. The van der Waals surface area contributed by atoms with E-state index in [2.05, 4.69) is 91.1 Å². The van der Waals surface area contributed by atoms with Crippen LogP contribution in [0.3, 0.4) is 0 Å². The molecule has 0 heterocycles. The molecule has 0 aromatic heterocycles. The van der Waals surface area contributed by atoms with Crippen LogP contribution in [0.15, 0.2) is 59.6 Å². The van der Waals surface area contributed by atoms with Crippen molar-refractivity contribution in [3.63, 3.8) is 0 Å². The first-order chi connectivity index (χ1) is 13.1. The molecule has 0 bridgehead atoms. The molecule has 4 heteroatoms. The zero-order valence-corrected chi connectivity index (χ0v) is 16.8. The fourth-order valence-corrected chi connectivity index (χ4v) is 3.48. The van der Waals surface area contributed by atoms with Gasteiger partial charge < -0.3 is 15.5 Å². The minimum absolute atomic E-state index is 0.278. The first-order valence-corrected chi connectivity index (χ1v) is 9.92. The van der Waals surface area contributed by atoms with Gasteiger partial charge in [-0.3, -0.25) is 0 Å². The highest BCUT2D eigenvalue weighted by Crippen LogP contribution is 2.47. The van der Waals surface area contributed by atoms with Crippen LogP contribution >= 0.6 is 0 Å². The van der Waals surface area contributed by atoms with Crippen molar-refractivity contribution in [3.05, 3.63) is 71.3 Å². The number of aliphatic imine (C=N–C) groups is 1. The van der Waals surface area contributed by atoms with Crippen molar-refractivity contribution in [1.82, 2.24) is 15.5 Å². The van der Waals surface area contributed by atoms with E-state index in [9.17, 15) is 0 Å². The van der Waals surface area contributed by atoms with Gasteiger partial charge in [-0.2, -0.15) is 0 Å². The summed E-state index contributed by atoms with van der Waals surface area (Å²) in [6.07, 6.45) is 2.49. The Labute approximate surface area is 163 Å².